The Balaban J connectivity index is 2.23. The highest BCUT2D eigenvalue weighted by molar-refractivity contribution is 6.30. The number of ether oxygens (including phenoxy) is 2. The van der Waals surface area contributed by atoms with Gasteiger partial charge in [-0.2, -0.15) is 0 Å². The van der Waals surface area contributed by atoms with E-state index in [1.165, 1.54) is 7.11 Å². The summed E-state index contributed by atoms with van der Waals surface area (Å²) in [6.07, 6.45) is 0.694. The molecule has 0 aromatic heterocycles. The van der Waals surface area contributed by atoms with E-state index in [0.29, 0.717) is 34.0 Å². The smallest absolute Gasteiger partial charge is 0.347 e. The molecule has 0 amide bonds. The first-order chi connectivity index (χ1) is 13.3. The zero-order chi connectivity index (χ0) is 20.7. The summed E-state index contributed by atoms with van der Waals surface area (Å²) in [6, 6.07) is 12.6. The monoisotopic (exact) mass is 424 g/mol. The highest BCUT2D eigenvalue weighted by Crippen LogP contribution is 2.33. The normalized spacial score (nSPS) is 12.3. The topological polar surface area (TPSA) is 72.8 Å². The molecule has 0 saturated carbocycles. The van der Waals surface area contributed by atoms with Gasteiger partial charge in [0.25, 0.3) is 0 Å². The number of methoxy groups -OCH3 is 1. The van der Waals surface area contributed by atoms with Gasteiger partial charge in [0, 0.05) is 16.5 Å². The van der Waals surface area contributed by atoms with Crippen molar-refractivity contribution in [3.63, 3.8) is 0 Å². The molecule has 1 N–H and O–H groups in total. The quantitative estimate of drug-likeness (QED) is 0.631. The maximum atomic E-state index is 13.0. The first-order valence-corrected chi connectivity index (χ1v) is 9.55. The number of carbonyl (C=O) groups is 2. The number of rotatable bonds is 8. The summed E-state index contributed by atoms with van der Waals surface area (Å²) < 4.78 is 10.1. The van der Waals surface area contributed by atoms with Crippen LogP contribution in [0.15, 0.2) is 48.5 Å². The van der Waals surface area contributed by atoms with E-state index < -0.39 is 17.7 Å². The molecule has 1 unspecified atom stereocenters. The number of carbonyl (C=O) groups excluding carboxylic acids is 2. The van der Waals surface area contributed by atoms with Crippen molar-refractivity contribution in [3.8, 4) is 0 Å². The fourth-order valence-electron chi connectivity index (χ4n) is 2.75. The third-order valence-corrected chi connectivity index (χ3v) is 4.85. The van der Waals surface area contributed by atoms with E-state index in [4.69, 9.17) is 27.9 Å². The number of hydrogen-bond donors (Lipinski definition) is 1. The Morgan fingerprint density at radius 3 is 1.89 bits per heavy atom. The fraction of sp³-hybridized carbons (Fsp3) is 0.333. The highest BCUT2D eigenvalue weighted by Gasteiger charge is 2.42. The zero-order valence-corrected chi connectivity index (χ0v) is 17.2. The van der Waals surface area contributed by atoms with Crippen LogP contribution in [0.3, 0.4) is 0 Å². The Bertz CT molecular complexity index is 757. The summed E-state index contributed by atoms with van der Waals surface area (Å²) in [7, 11) is 1.32. The molecule has 0 heterocycles. The van der Waals surface area contributed by atoms with Gasteiger partial charge >= 0.3 is 11.9 Å². The number of hydrogen-bond acceptors (Lipinski definition) is 5. The van der Waals surface area contributed by atoms with Crippen LogP contribution >= 0.6 is 23.2 Å². The Labute approximate surface area is 174 Å². The molecular formula is C21H22Cl2O5. The fourth-order valence-corrected chi connectivity index (χ4v) is 3.00. The molecule has 0 spiro atoms. The van der Waals surface area contributed by atoms with Crippen LogP contribution in [0.2, 0.25) is 10.0 Å². The molecule has 0 fully saturated rings. The van der Waals surface area contributed by atoms with Crippen molar-refractivity contribution in [1.82, 2.24) is 0 Å². The van der Waals surface area contributed by atoms with Crippen LogP contribution in [0.1, 0.15) is 37.3 Å². The predicted molar refractivity (Wildman–Crippen MR) is 107 cm³/mol. The highest BCUT2D eigenvalue weighted by atomic mass is 35.5. The molecule has 0 aliphatic heterocycles. The lowest BCUT2D eigenvalue weighted by Crippen LogP contribution is -2.40. The summed E-state index contributed by atoms with van der Waals surface area (Å²) >= 11 is 11.9. The molecule has 2 aromatic carbocycles. The lowest BCUT2D eigenvalue weighted by Gasteiger charge is -2.29. The van der Waals surface area contributed by atoms with E-state index in [1.807, 2.05) is 0 Å². The van der Waals surface area contributed by atoms with Gasteiger partial charge in [-0.25, -0.2) is 4.79 Å². The van der Waals surface area contributed by atoms with E-state index in [0.717, 1.165) is 0 Å². The van der Waals surface area contributed by atoms with Crippen LogP contribution in [-0.4, -0.2) is 30.3 Å². The number of benzene rings is 2. The number of halogens is 2. The largest absolute Gasteiger partial charge is 0.469 e. The first kappa shape index (κ1) is 22.2. The molecule has 1 atom stereocenters. The Hall–Kier alpha value is -2.08. The molecule has 0 aliphatic carbocycles. The van der Waals surface area contributed by atoms with Gasteiger partial charge in [-0.05, 0) is 55.2 Å². The second-order valence-electron chi connectivity index (χ2n) is 6.41. The molecule has 150 valence electrons. The standard InChI is InChI=1S/C21H22Cl2O5/c1-14(4-3-5-19(24)27-2)28-20(25)21(26,15-6-10-17(22)11-7-15)16-8-12-18(23)13-9-16/h6-14,26H,3-5H2,1-2H3. The molecular weight excluding hydrogens is 403 g/mol. The Morgan fingerprint density at radius 2 is 1.46 bits per heavy atom. The van der Waals surface area contributed by atoms with E-state index in [9.17, 15) is 14.7 Å². The van der Waals surface area contributed by atoms with E-state index >= 15 is 0 Å². The minimum atomic E-state index is -2.02. The molecule has 5 nitrogen and oxygen atoms in total. The van der Waals surface area contributed by atoms with Gasteiger partial charge in [-0.1, -0.05) is 47.5 Å². The minimum absolute atomic E-state index is 0.233. The third kappa shape index (κ3) is 5.47. The molecule has 2 aromatic rings. The van der Waals surface area contributed by atoms with Gasteiger partial charge in [-0.3, -0.25) is 4.79 Å². The van der Waals surface area contributed by atoms with E-state index in [2.05, 4.69) is 4.74 Å². The number of aliphatic hydroxyl groups is 1. The zero-order valence-electron chi connectivity index (χ0n) is 15.7. The van der Waals surface area contributed by atoms with Crippen LogP contribution in [0.4, 0.5) is 0 Å². The molecule has 0 saturated heterocycles. The van der Waals surface area contributed by atoms with Crippen molar-refractivity contribution in [2.45, 2.75) is 37.9 Å². The molecule has 0 aliphatic rings. The average Bonchev–Trinajstić information content (AvgIpc) is 2.68. The maximum absolute atomic E-state index is 13.0. The van der Waals surface area contributed by atoms with Gasteiger partial charge in [0.05, 0.1) is 13.2 Å². The van der Waals surface area contributed by atoms with Crippen molar-refractivity contribution < 1.29 is 24.2 Å². The summed E-state index contributed by atoms with van der Waals surface area (Å²) in [6.45, 7) is 1.71. The van der Waals surface area contributed by atoms with Gasteiger partial charge < -0.3 is 14.6 Å². The summed E-state index contributed by atoms with van der Waals surface area (Å²) in [5.74, 6) is -1.14. The summed E-state index contributed by atoms with van der Waals surface area (Å²) in [4.78, 5) is 24.2. The van der Waals surface area contributed by atoms with Crippen LogP contribution in [-0.2, 0) is 24.7 Å². The van der Waals surface area contributed by atoms with Gasteiger partial charge in [0.1, 0.15) is 0 Å². The molecule has 28 heavy (non-hydrogen) atoms. The second kappa shape index (κ2) is 9.92. The van der Waals surface area contributed by atoms with E-state index in [-0.39, 0.29) is 12.4 Å². The van der Waals surface area contributed by atoms with Gasteiger partial charge in [0.15, 0.2) is 0 Å². The predicted octanol–water partition coefficient (Wildman–Crippen LogP) is 4.50. The van der Waals surface area contributed by atoms with Crippen LogP contribution in [0, 0.1) is 0 Å². The maximum Gasteiger partial charge on any atom is 0.347 e. The van der Waals surface area contributed by atoms with Crippen molar-refractivity contribution >= 4 is 35.1 Å². The lowest BCUT2D eigenvalue weighted by molar-refractivity contribution is -0.167. The third-order valence-electron chi connectivity index (χ3n) is 4.35. The molecule has 0 radical (unpaired) electrons. The van der Waals surface area contributed by atoms with Gasteiger partial charge in [-0.15, -0.1) is 0 Å². The Morgan fingerprint density at radius 1 is 1.00 bits per heavy atom. The van der Waals surface area contributed by atoms with Crippen LogP contribution in [0.5, 0.6) is 0 Å². The SMILES string of the molecule is COC(=O)CCCC(C)OC(=O)C(O)(c1ccc(Cl)cc1)c1ccc(Cl)cc1. The van der Waals surface area contributed by atoms with Gasteiger partial charge in [0.2, 0.25) is 5.60 Å². The second-order valence-corrected chi connectivity index (χ2v) is 7.28. The van der Waals surface area contributed by atoms with Crippen molar-refractivity contribution in [2.75, 3.05) is 7.11 Å². The first-order valence-electron chi connectivity index (χ1n) is 8.79. The lowest BCUT2D eigenvalue weighted by atomic mass is 9.86. The number of esters is 2. The molecule has 2 rings (SSSR count). The molecule has 0 bridgehead atoms. The average molecular weight is 425 g/mol. The molecule has 7 heteroatoms. The van der Waals surface area contributed by atoms with Crippen molar-refractivity contribution in [2.24, 2.45) is 0 Å². The minimum Gasteiger partial charge on any atom is -0.469 e. The van der Waals surface area contributed by atoms with Crippen molar-refractivity contribution in [3.05, 3.63) is 69.7 Å². The van der Waals surface area contributed by atoms with Crippen LogP contribution in [0.25, 0.3) is 0 Å². The van der Waals surface area contributed by atoms with Crippen molar-refractivity contribution in [1.29, 1.82) is 0 Å². The van der Waals surface area contributed by atoms with E-state index in [1.54, 1.807) is 55.5 Å². The Kier molecular flexibility index (Phi) is 7.87. The van der Waals surface area contributed by atoms with Crippen LogP contribution < -0.4 is 0 Å². The summed E-state index contributed by atoms with van der Waals surface area (Å²) in [5, 5.41) is 12.3. The summed E-state index contributed by atoms with van der Waals surface area (Å²) in [5.41, 5.74) is -1.37.